The smallest absolute Gasteiger partial charge is 0.240 e. The molecule has 2 fully saturated rings. The summed E-state index contributed by atoms with van der Waals surface area (Å²) >= 11 is 0. The maximum absolute atomic E-state index is 12.3. The van der Waals surface area contributed by atoms with Gasteiger partial charge in [0.05, 0.1) is 5.54 Å². The van der Waals surface area contributed by atoms with Gasteiger partial charge in [0, 0.05) is 13.2 Å². The van der Waals surface area contributed by atoms with Crippen LogP contribution in [-0.2, 0) is 4.79 Å². The predicted octanol–water partition coefficient (Wildman–Crippen LogP) is 1.56. The lowest BCUT2D eigenvalue weighted by atomic mass is 9.79. The van der Waals surface area contributed by atoms with E-state index < -0.39 is 5.54 Å². The first kappa shape index (κ1) is 14.8. The minimum absolute atomic E-state index is 0.0227. The zero-order chi connectivity index (χ0) is 13.7. The largest absolute Gasteiger partial charge is 0.396 e. The van der Waals surface area contributed by atoms with E-state index in [1.807, 2.05) is 0 Å². The standard InChI is InChI=1S/C15H28N2O2/c16-15(8-4-1-5-9-15)14(19)17-10-12-6-2-3-7-13(12)11-18/h12-13,18H,1-11,16H2,(H,17,19). The Hall–Kier alpha value is -0.610. The van der Waals surface area contributed by atoms with Crippen LogP contribution in [0.2, 0.25) is 0 Å². The van der Waals surface area contributed by atoms with Gasteiger partial charge in [0.25, 0.3) is 0 Å². The highest BCUT2D eigenvalue weighted by atomic mass is 16.3. The Balaban J connectivity index is 1.81. The van der Waals surface area contributed by atoms with Crippen molar-refractivity contribution >= 4 is 5.91 Å². The molecule has 2 saturated carbocycles. The first-order chi connectivity index (χ1) is 9.15. The fourth-order valence-electron chi connectivity index (χ4n) is 3.60. The number of hydrogen-bond donors (Lipinski definition) is 3. The molecular weight excluding hydrogens is 240 g/mol. The van der Waals surface area contributed by atoms with E-state index in [1.165, 1.54) is 19.3 Å². The highest BCUT2D eigenvalue weighted by molar-refractivity contribution is 5.86. The van der Waals surface area contributed by atoms with Crippen LogP contribution in [0, 0.1) is 11.8 Å². The van der Waals surface area contributed by atoms with Gasteiger partial charge in [-0.2, -0.15) is 0 Å². The van der Waals surface area contributed by atoms with Gasteiger partial charge in [0.2, 0.25) is 5.91 Å². The molecule has 0 aliphatic heterocycles. The molecule has 0 aromatic rings. The van der Waals surface area contributed by atoms with Crippen LogP contribution in [0.5, 0.6) is 0 Å². The molecule has 0 bridgehead atoms. The van der Waals surface area contributed by atoms with E-state index in [0.717, 1.165) is 38.5 Å². The van der Waals surface area contributed by atoms with Crippen LogP contribution >= 0.6 is 0 Å². The highest BCUT2D eigenvalue weighted by Gasteiger charge is 2.35. The second kappa shape index (κ2) is 6.71. The van der Waals surface area contributed by atoms with Crippen molar-refractivity contribution < 1.29 is 9.90 Å². The van der Waals surface area contributed by atoms with E-state index in [2.05, 4.69) is 5.32 Å². The van der Waals surface area contributed by atoms with E-state index in [-0.39, 0.29) is 12.5 Å². The molecule has 2 atom stereocenters. The third-order valence-electron chi connectivity index (χ3n) is 5.02. The van der Waals surface area contributed by atoms with Crippen molar-refractivity contribution in [1.29, 1.82) is 0 Å². The molecule has 4 heteroatoms. The average Bonchev–Trinajstić information content (AvgIpc) is 2.45. The van der Waals surface area contributed by atoms with E-state index >= 15 is 0 Å². The molecule has 2 aliphatic carbocycles. The molecule has 1 amide bonds. The number of carbonyl (C=O) groups excluding carboxylic acids is 1. The topological polar surface area (TPSA) is 75.4 Å². The number of carbonyl (C=O) groups is 1. The van der Waals surface area contributed by atoms with Crippen molar-refractivity contribution in [1.82, 2.24) is 5.32 Å². The molecule has 4 N–H and O–H groups in total. The molecular formula is C15H28N2O2. The van der Waals surface area contributed by atoms with Crippen LogP contribution in [0.1, 0.15) is 57.8 Å². The normalized spacial score (nSPS) is 30.8. The zero-order valence-corrected chi connectivity index (χ0v) is 11.9. The summed E-state index contributed by atoms with van der Waals surface area (Å²) in [5, 5.41) is 12.4. The molecule has 19 heavy (non-hydrogen) atoms. The van der Waals surface area contributed by atoms with Crippen molar-refractivity contribution in [3.63, 3.8) is 0 Å². The number of amides is 1. The Labute approximate surface area is 116 Å². The average molecular weight is 268 g/mol. The minimum Gasteiger partial charge on any atom is -0.396 e. The van der Waals surface area contributed by atoms with Crippen molar-refractivity contribution in [3.05, 3.63) is 0 Å². The minimum atomic E-state index is -0.637. The number of nitrogens with one attached hydrogen (secondary N) is 1. The second-order valence-corrected chi connectivity index (χ2v) is 6.41. The summed E-state index contributed by atoms with van der Waals surface area (Å²) in [6, 6.07) is 0. The van der Waals surface area contributed by atoms with Gasteiger partial charge < -0.3 is 16.2 Å². The molecule has 2 rings (SSSR count). The Morgan fingerprint density at radius 1 is 1.11 bits per heavy atom. The number of hydrogen-bond acceptors (Lipinski definition) is 3. The molecule has 0 spiro atoms. The Bertz CT molecular complexity index is 301. The first-order valence-corrected chi connectivity index (χ1v) is 7.84. The first-order valence-electron chi connectivity index (χ1n) is 7.84. The quantitative estimate of drug-likeness (QED) is 0.724. The SMILES string of the molecule is NC1(C(=O)NCC2CCCCC2CO)CCCCC1. The number of nitrogens with two attached hydrogens (primary N) is 1. The van der Waals surface area contributed by atoms with E-state index in [1.54, 1.807) is 0 Å². The van der Waals surface area contributed by atoms with Crippen LogP contribution in [0.25, 0.3) is 0 Å². The van der Waals surface area contributed by atoms with Crippen molar-refractivity contribution in [2.75, 3.05) is 13.2 Å². The molecule has 0 radical (unpaired) electrons. The van der Waals surface area contributed by atoms with Gasteiger partial charge in [0.1, 0.15) is 0 Å². The molecule has 0 aromatic carbocycles. The highest BCUT2D eigenvalue weighted by Crippen LogP contribution is 2.30. The van der Waals surface area contributed by atoms with Gasteiger partial charge >= 0.3 is 0 Å². The molecule has 2 unspecified atom stereocenters. The summed E-state index contributed by atoms with van der Waals surface area (Å²) in [6.07, 6.45) is 9.57. The van der Waals surface area contributed by atoms with Gasteiger partial charge in [-0.15, -0.1) is 0 Å². The van der Waals surface area contributed by atoms with Crippen LogP contribution in [-0.4, -0.2) is 29.7 Å². The second-order valence-electron chi connectivity index (χ2n) is 6.41. The lowest BCUT2D eigenvalue weighted by molar-refractivity contribution is -0.127. The number of aliphatic hydroxyl groups is 1. The summed E-state index contributed by atoms with van der Waals surface area (Å²) in [5.74, 6) is 0.804. The maximum Gasteiger partial charge on any atom is 0.240 e. The van der Waals surface area contributed by atoms with E-state index in [4.69, 9.17) is 5.73 Å². The zero-order valence-electron chi connectivity index (χ0n) is 11.9. The molecule has 0 saturated heterocycles. The monoisotopic (exact) mass is 268 g/mol. The maximum atomic E-state index is 12.3. The van der Waals surface area contributed by atoms with Crippen molar-refractivity contribution in [3.8, 4) is 0 Å². The van der Waals surface area contributed by atoms with Gasteiger partial charge in [-0.25, -0.2) is 0 Å². The fraction of sp³-hybridized carbons (Fsp3) is 0.933. The van der Waals surface area contributed by atoms with Gasteiger partial charge in [-0.05, 0) is 37.5 Å². The van der Waals surface area contributed by atoms with Crippen LogP contribution in [0.3, 0.4) is 0 Å². The Morgan fingerprint density at radius 3 is 2.37 bits per heavy atom. The van der Waals surface area contributed by atoms with Gasteiger partial charge in [0.15, 0.2) is 0 Å². The van der Waals surface area contributed by atoms with Crippen molar-refractivity contribution in [2.45, 2.75) is 63.3 Å². The van der Waals surface area contributed by atoms with Crippen molar-refractivity contribution in [2.24, 2.45) is 17.6 Å². The molecule has 0 heterocycles. The fourth-order valence-corrected chi connectivity index (χ4v) is 3.60. The number of rotatable bonds is 4. The summed E-state index contributed by atoms with van der Waals surface area (Å²) in [4.78, 5) is 12.3. The van der Waals surface area contributed by atoms with E-state index in [0.29, 0.717) is 18.4 Å². The Morgan fingerprint density at radius 2 is 1.74 bits per heavy atom. The predicted molar refractivity (Wildman–Crippen MR) is 75.5 cm³/mol. The van der Waals surface area contributed by atoms with E-state index in [9.17, 15) is 9.90 Å². The third-order valence-corrected chi connectivity index (χ3v) is 5.02. The lowest BCUT2D eigenvalue weighted by Gasteiger charge is -2.34. The summed E-state index contributed by atoms with van der Waals surface area (Å²) in [5.41, 5.74) is 5.59. The third kappa shape index (κ3) is 3.69. The lowest BCUT2D eigenvalue weighted by Crippen LogP contribution is -2.56. The Kier molecular flexibility index (Phi) is 5.22. The molecule has 110 valence electrons. The molecule has 0 aromatic heterocycles. The van der Waals surface area contributed by atoms with Crippen LogP contribution in [0.4, 0.5) is 0 Å². The van der Waals surface area contributed by atoms with Gasteiger partial charge in [-0.1, -0.05) is 32.1 Å². The number of aliphatic hydroxyl groups excluding tert-OH is 1. The summed E-state index contributed by atoms with van der Waals surface area (Å²) < 4.78 is 0. The molecule has 2 aliphatic rings. The van der Waals surface area contributed by atoms with Crippen LogP contribution < -0.4 is 11.1 Å². The van der Waals surface area contributed by atoms with Crippen LogP contribution in [0.15, 0.2) is 0 Å². The van der Waals surface area contributed by atoms with Gasteiger partial charge in [-0.3, -0.25) is 4.79 Å². The summed E-state index contributed by atoms with van der Waals surface area (Å²) in [6.45, 7) is 0.928. The molecule has 4 nitrogen and oxygen atoms in total. The summed E-state index contributed by atoms with van der Waals surface area (Å²) in [7, 11) is 0.